The van der Waals surface area contributed by atoms with Crippen LogP contribution in [0.2, 0.25) is 5.02 Å². The van der Waals surface area contributed by atoms with E-state index in [0.717, 1.165) is 23.4 Å². The molecule has 0 heterocycles. The summed E-state index contributed by atoms with van der Waals surface area (Å²) < 4.78 is 0. The molecule has 1 aromatic carbocycles. The molecule has 21 heavy (non-hydrogen) atoms. The summed E-state index contributed by atoms with van der Waals surface area (Å²) in [4.78, 5) is 0. The number of rotatable bonds is 6. The second-order valence-electron chi connectivity index (χ2n) is 6.62. The summed E-state index contributed by atoms with van der Waals surface area (Å²) in [5.41, 5.74) is 2.78. The highest BCUT2D eigenvalue weighted by atomic mass is 35.5. The molecule has 1 saturated carbocycles. The quantitative estimate of drug-likeness (QED) is 0.689. The third-order valence-electron chi connectivity index (χ3n) is 5.12. The minimum atomic E-state index is 0.500. The lowest BCUT2D eigenvalue weighted by atomic mass is 9.75. The summed E-state index contributed by atoms with van der Waals surface area (Å²) in [6.07, 6.45) is 8.06. The highest BCUT2D eigenvalue weighted by molar-refractivity contribution is 6.30. The molecule has 1 aliphatic carbocycles. The molecular formula is C19H30ClN. The van der Waals surface area contributed by atoms with Gasteiger partial charge in [-0.25, -0.2) is 0 Å². The van der Waals surface area contributed by atoms with Crippen LogP contribution >= 0.6 is 11.6 Å². The molecule has 1 atom stereocenters. The van der Waals surface area contributed by atoms with Crippen molar-refractivity contribution < 1.29 is 0 Å². The van der Waals surface area contributed by atoms with E-state index < -0.39 is 0 Å². The molecular weight excluding hydrogens is 278 g/mol. The van der Waals surface area contributed by atoms with E-state index in [0.29, 0.717) is 6.04 Å². The summed E-state index contributed by atoms with van der Waals surface area (Å²) in [5, 5.41) is 4.65. The standard InChI is InChI=1S/C19H30ClN/c1-4-12-21-19(16-8-6-15(5-2)7-9-16)18-11-10-17(20)13-14(18)3/h10-11,13,15-16,19,21H,4-9,12H2,1-3H3. The normalized spacial score (nSPS) is 24.0. The van der Waals surface area contributed by atoms with Crippen LogP contribution < -0.4 is 5.32 Å². The number of nitrogens with one attached hydrogen (secondary N) is 1. The third-order valence-corrected chi connectivity index (χ3v) is 5.36. The zero-order valence-corrected chi connectivity index (χ0v) is 14.5. The van der Waals surface area contributed by atoms with Gasteiger partial charge in [0.25, 0.3) is 0 Å². The zero-order valence-electron chi connectivity index (χ0n) is 13.8. The SMILES string of the molecule is CCCNC(c1ccc(Cl)cc1C)C1CCC(CC)CC1. The number of hydrogen-bond donors (Lipinski definition) is 1. The molecule has 1 fully saturated rings. The molecule has 0 aromatic heterocycles. The molecule has 1 N–H and O–H groups in total. The second-order valence-corrected chi connectivity index (χ2v) is 7.06. The topological polar surface area (TPSA) is 12.0 Å². The number of hydrogen-bond acceptors (Lipinski definition) is 1. The summed E-state index contributed by atoms with van der Waals surface area (Å²) in [7, 11) is 0. The largest absolute Gasteiger partial charge is 0.310 e. The molecule has 0 bridgehead atoms. The van der Waals surface area contributed by atoms with E-state index in [1.165, 1.54) is 49.7 Å². The van der Waals surface area contributed by atoms with Crippen molar-refractivity contribution in [2.75, 3.05) is 6.54 Å². The number of halogens is 1. The van der Waals surface area contributed by atoms with E-state index in [2.05, 4.69) is 38.2 Å². The lowest BCUT2D eigenvalue weighted by Crippen LogP contribution is -2.32. The van der Waals surface area contributed by atoms with Crippen LogP contribution in [-0.2, 0) is 0 Å². The van der Waals surface area contributed by atoms with Gasteiger partial charge in [-0.3, -0.25) is 0 Å². The fraction of sp³-hybridized carbons (Fsp3) is 0.684. The van der Waals surface area contributed by atoms with Crippen LogP contribution in [0.4, 0.5) is 0 Å². The van der Waals surface area contributed by atoms with E-state index in [-0.39, 0.29) is 0 Å². The molecule has 2 rings (SSSR count). The van der Waals surface area contributed by atoms with Crippen molar-refractivity contribution in [3.63, 3.8) is 0 Å². The first kappa shape index (κ1) is 16.8. The Morgan fingerprint density at radius 2 is 1.90 bits per heavy atom. The monoisotopic (exact) mass is 307 g/mol. The lowest BCUT2D eigenvalue weighted by Gasteiger charge is -2.35. The number of benzene rings is 1. The average molecular weight is 308 g/mol. The van der Waals surface area contributed by atoms with Gasteiger partial charge in [-0.05, 0) is 67.8 Å². The Morgan fingerprint density at radius 3 is 2.48 bits per heavy atom. The Bertz CT molecular complexity index is 435. The third kappa shape index (κ3) is 4.47. The van der Waals surface area contributed by atoms with Gasteiger partial charge in [0.1, 0.15) is 0 Å². The molecule has 118 valence electrons. The highest BCUT2D eigenvalue weighted by Crippen LogP contribution is 2.39. The smallest absolute Gasteiger partial charge is 0.0408 e. The summed E-state index contributed by atoms with van der Waals surface area (Å²) in [6, 6.07) is 6.88. The van der Waals surface area contributed by atoms with E-state index in [1.54, 1.807) is 0 Å². The van der Waals surface area contributed by atoms with E-state index in [1.807, 2.05) is 6.07 Å². The Morgan fingerprint density at radius 1 is 1.19 bits per heavy atom. The molecule has 0 aliphatic heterocycles. The summed E-state index contributed by atoms with van der Waals surface area (Å²) in [6.45, 7) is 7.87. The van der Waals surface area contributed by atoms with Crippen LogP contribution in [0, 0.1) is 18.8 Å². The Hall–Kier alpha value is -0.530. The van der Waals surface area contributed by atoms with E-state index >= 15 is 0 Å². The lowest BCUT2D eigenvalue weighted by molar-refractivity contribution is 0.218. The van der Waals surface area contributed by atoms with Gasteiger partial charge in [0.05, 0.1) is 0 Å². The molecule has 2 heteroatoms. The molecule has 1 aliphatic rings. The first-order chi connectivity index (χ1) is 10.2. The molecule has 1 aromatic rings. The van der Waals surface area contributed by atoms with Gasteiger partial charge in [-0.1, -0.05) is 50.8 Å². The Labute approximate surface area is 135 Å². The zero-order chi connectivity index (χ0) is 15.2. The van der Waals surface area contributed by atoms with Crippen molar-refractivity contribution in [3.8, 4) is 0 Å². The molecule has 0 saturated heterocycles. The highest BCUT2D eigenvalue weighted by Gasteiger charge is 2.28. The minimum absolute atomic E-state index is 0.500. The molecule has 0 amide bonds. The van der Waals surface area contributed by atoms with Crippen molar-refractivity contribution >= 4 is 11.6 Å². The van der Waals surface area contributed by atoms with Gasteiger partial charge in [0.15, 0.2) is 0 Å². The van der Waals surface area contributed by atoms with Crippen LogP contribution in [-0.4, -0.2) is 6.54 Å². The van der Waals surface area contributed by atoms with Crippen molar-refractivity contribution in [2.24, 2.45) is 11.8 Å². The van der Waals surface area contributed by atoms with Crippen LogP contribution in [0.5, 0.6) is 0 Å². The molecule has 0 spiro atoms. The van der Waals surface area contributed by atoms with E-state index in [9.17, 15) is 0 Å². The van der Waals surface area contributed by atoms with Gasteiger partial charge in [-0.15, -0.1) is 0 Å². The second kappa shape index (κ2) is 8.19. The van der Waals surface area contributed by atoms with Gasteiger partial charge >= 0.3 is 0 Å². The predicted molar refractivity (Wildman–Crippen MR) is 93.0 cm³/mol. The Kier molecular flexibility index (Phi) is 6.57. The Balaban J connectivity index is 2.14. The minimum Gasteiger partial charge on any atom is -0.310 e. The van der Waals surface area contributed by atoms with Crippen LogP contribution in [0.3, 0.4) is 0 Å². The molecule has 1 nitrogen and oxygen atoms in total. The fourth-order valence-electron chi connectivity index (χ4n) is 3.75. The van der Waals surface area contributed by atoms with Crippen LogP contribution in [0.1, 0.15) is 69.5 Å². The van der Waals surface area contributed by atoms with Crippen molar-refractivity contribution in [3.05, 3.63) is 34.3 Å². The van der Waals surface area contributed by atoms with Gasteiger partial charge < -0.3 is 5.32 Å². The summed E-state index contributed by atoms with van der Waals surface area (Å²) in [5.74, 6) is 1.73. The maximum absolute atomic E-state index is 6.13. The summed E-state index contributed by atoms with van der Waals surface area (Å²) >= 11 is 6.13. The van der Waals surface area contributed by atoms with Gasteiger partial charge in [-0.2, -0.15) is 0 Å². The predicted octanol–water partition coefficient (Wildman–Crippen LogP) is 5.91. The maximum atomic E-state index is 6.13. The first-order valence-corrected chi connectivity index (χ1v) is 9.02. The van der Waals surface area contributed by atoms with E-state index in [4.69, 9.17) is 11.6 Å². The molecule has 1 unspecified atom stereocenters. The molecule has 0 radical (unpaired) electrons. The van der Waals surface area contributed by atoms with Crippen molar-refractivity contribution in [2.45, 2.75) is 65.3 Å². The fourth-order valence-corrected chi connectivity index (χ4v) is 3.97. The van der Waals surface area contributed by atoms with Gasteiger partial charge in [0.2, 0.25) is 0 Å². The number of aryl methyl sites for hydroxylation is 1. The first-order valence-electron chi connectivity index (χ1n) is 8.65. The average Bonchev–Trinajstić information content (AvgIpc) is 2.50. The van der Waals surface area contributed by atoms with Crippen LogP contribution in [0.25, 0.3) is 0 Å². The van der Waals surface area contributed by atoms with Crippen LogP contribution in [0.15, 0.2) is 18.2 Å². The van der Waals surface area contributed by atoms with Crippen molar-refractivity contribution in [1.82, 2.24) is 5.32 Å². The maximum Gasteiger partial charge on any atom is 0.0408 e. The van der Waals surface area contributed by atoms with Crippen molar-refractivity contribution in [1.29, 1.82) is 0 Å². The van der Waals surface area contributed by atoms with Gasteiger partial charge in [0, 0.05) is 11.1 Å².